The SMILES string of the molecule is CC(C)(C)OC(=O)[C@@H]1CCCN1S(=O)(=O)CC1CCCO1. The molecule has 0 saturated carbocycles. The van der Waals surface area contributed by atoms with Crippen LogP contribution < -0.4 is 0 Å². The Kier molecular flexibility index (Phi) is 4.95. The molecule has 0 aromatic heterocycles. The molecule has 0 amide bonds. The molecule has 2 fully saturated rings. The number of nitrogens with zero attached hydrogens (tertiary/aromatic N) is 1. The summed E-state index contributed by atoms with van der Waals surface area (Å²) in [5.41, 5.74) is -0.607. The Morgan fingerprint density at radius 2 is 2.00 bits per heavy atom. The Hall–Kier alpha value is -0.660. The zero-order valence-corrected chi connectivity index (χ0v) is 13.8. The Bertz CT molecular complexity index is 476. The lowest BCUT2D eigenvalue weighted by atomic mass is 10.2. The summed E-state index contributed by atoms with van der Waals surface area (Å²) < 4.78 is 37.1. The van der Waals surface area contributed by atoms with Crippen molar-refractivity contribution in [3.05, 3.63) is 0 Å². The van der Waals surface area contributed by atoms with Crippen molar-refractivity contribution in [2.75, 3.05) is 18.9 Å². The van der Waals surface area contributed by atoms with Crippen molar-refractivity contribution in [3.63, 3.8) is 0 Å². The van der Waals surface area contributed by atoms with Crippen LogP contribution in [0.1, 0.15) is 46.5 Å². The number of rotatable bonds is 4. The van der Waals surface area contributed by atoms with Gasteiger partial charge in [0.1, 0.15) is 11.6 Å². The van der Waals surface area contributed by atoms with Crippen molar-refractivity contribution < 1.29 is 22.7 Å². The number of ether oxygens (including phenoxy) is 2. The van der Waals surface area contributed by atoms with E-state index in [4.69, 9.17) is 9.47 Å². The molecule has 2 aliphatic rings. The van der Waals surface area contributed by atoms with Gasteiger partial charge in [-0.05, 0) is 46.5 Å². The van der Waals surface area contributed by atoms with Crippen LogP contribution in [0.25, 0.3) is 0 Å². The maximum atomic E-state index is 12.5. The second kappa shape index (κ2) is 6.22. The van der Waals surface area contributed by atoms with Gasteiger partial charge in [0.15, 0.2) is 0 Å². The van der Waals surface area contributed by atoms with Crippen molar-refractivity contribution >= 4 is 16.0 Å². The van der Waals surface area contributed by atoms with Gasteiger partial charge in [0, 0.05) is 13.2 Å². The van der Waals surface area contributed by atoms with Gasteiger partial charge in [-0.25, -0.2) is 8.42 Å². The van der Waals surface area contributed by atoms with E-state index in [0.717, 1.165) is 12.8 Å². The zero-order chi connectivity index (χ0) is 15.7. The van der Waals surface area contributed by atoms with Crippen molar-refractivity contribution in [2.45, 2.75) is 64.2 Å². The highest BCUT2D eigenvalue weighted by Crippen LogP contribution is 2.26. The summed E-state index contributed by atoms with van der Waals surface area (Å²) in [6.07, 6.45) is 2.64. The van der Waals surface area contributed by atoms with E-state index in [1.807, 2.05) is 0 Å². The van der Waals surface area contributed by atoms with Gasteiger partial charge >= 0.3 is 5.97 Å². The van der Waals surface area contributed by atoms with Crippen molar-refractivity contribution in [1.82, 2.24) is 4.31 Å². The van der Waals surface area contributed by atoms with Crippen LogP contribution >= 0.6 is 0 Å². The molecule has 0 aromatic carbocycles. The third kappa shape index (κ3) is 4.40. The fraction of sp³-hybridized carbons (Fsp3) is 0.929. The number of sulfonamides is 1. The zero-order valence-electron chi connectivity index (χ0n) is 13.0. The number of esters is 1. The highest BCUT2D eigenvalue weighted by Gasteiger charge is 2.41. The largest absolute Gasteiger partial charge is 0.459 e. The molecule has 2 heterocycles. The first-order chi connectivity index (χ1) is 9.69. The summed E-state index contributed by atoms with van der Waals surface area (Å²) in [7, 11) is -3.49. The van der Waals surface area contributed by atoms with Gasteiger partial charge in [0.2, 0.25) is 10.0 Å². The summed E-state index contributed by atoms with van der Waals surface area (Å²) in [5.74, 6) is -0.484. The van der Waals surface area contributed by atoms with Crippen LogP contribution in [0.2, 0.25) is 0 Å². The first-order valence-corrected chi connectivity index (χ1v) is 9.14. The molecule has 7 heteroatoms. The van der Waals surface area contributed by atoms with Crippen molar-refractivity contribution in [2.24, 2.45) is 0 Å². The molecule has 0 bridgehead atoms. The summed E-state index contributed by atoms with van der Waals surface area (Å²) in [6, 6.07) is -0.685. The average Bonchev–Trinajstić information content (AvgIpc) is 2.94. The van der Waals surface area contributed by atoms with Gasteiger partial charge in [-0.1, -0.05) is 0 Å². The Balaban J connectivity index is 2.04. The Morgan fingerprint density at radius 3 is 2.57 bits per heavy atom. The first kappa shape index (κ1) is 16.7. The first-order valence-electron chi connectivity index (χ1n) is 7.53. The van der Waals surface area contributed by atoms with Crippen LogP contribution in [0.5, 0.6) is 0 Å². The molecule has 122 valence electrons. The van der Waals surface area contributed by atoms with Crippen LogP contribution in [-0.2, 0) is 24.3 Å². The minimum atomic E-state index is -3.49. The van der Waals surface area contributed by atoms with Gasteiger partial charge in [0.05, 0.1) is 11.9 Å². The summed E-state index contributed by atoms with van der Waals surface area (Å²) in [4.78, 5) is 12.2. The van der Waals surface area contributed by atoms with Crippen LogP contribution in [0.4, 0.5) is 0 Å². The molecule has 2 aliphatic heterocycles. The molecule has 2 saturated heterocycles. The Morgan fingerprint density at radius 1 is 1.29 bits per heavy atom. The smallest absolute Gasteiger partial charge is 0.324 e. The minimum Gasteiger partial charge on any atom is -0.459 e. The van der Waals surface area contributed by atoms with Crippen molar-refractivity contribution in [1.29, 1.82) is 0 Å². The summed E-state index contributed by atoms with van der Waals surface area (Å²) >= 11 is 0. The van der Waals surface area contributed by atoms with E-state index in [0.29, 0.717) is 26.0 Å². The predicted octanol–water partition coefficient (Wildman–Crippen LogP) is 1.30. The molecule has 0 N–H and O–H groups in total. The summed E-state index contributed by atoms with van der Waals surface area (Å²) in [5, 5.41) is 0. The molecule has 0 spiro atoms. The van der Waals surface area contributed by atoms with Gasteiger partial charge in [-0.3, -0.25) is 4.79 Å². The predicted molar refractivity (Wildman–Crippen MR) is 78.3 cm³/mol. The Labute approximate surface area is 126 Å². The third-order valence-corrected chi connectivity index (χ3v) is 5.61. The number of hydrogen-bond donors (Lipinski definition) is 0. The van der Waals surface area contributed by atoms with Gasteiger partial charge in [-0.15, -0.1) is 0 Å². The fourth-order valence-electron chi connectivity index (χ4n) is 2.78. The molecule has 0 aromatic rings. The average molecular weight is 319 g/mol. The molecule has 0 radical (unpaired) electrons. The molecule has 6 nitrogen and oxygen atoms in total. The lowest BCUT2D eigenvalue weighted by molar-refractivity contribution is -0.158. The van der Waals surface area contributed by atoms with Crippen LogP contribution in [-0.4, -0.2) is 55.3 Å². The van der Waals surface area contributed by atoms with E-state index in [1.165, 1.54) is 4.31 Å². The highest BCUT2D eigenvalue weighted by molar-refractivity contribution is 7.89. The van der Waals surface area contributed by atoms with E-state index in [1.54, 1.807) is 20.8 Å². The number of carbonyl (C=O) groups is 1. The van der Waals surface area contributed by atoms with Gasteiger partial charge in [-0.2, -0.15) is 4.31 Å². The molecule has 2 atom stereocenters. The highest BCUT2D eigenvalue weighted by atomic mass is 32.2. The van der Waals surface area contributed by atoms with E-state index < -0.39 is 27.6 Å². The molecular formula is C14H25NO5S. The molecule has 21 heavy (non-hydrogen) atoms. The van der Waals surface area contributed by atoms with Gasteiger partial charge in [0.25, 0.3) is 0 Å². The monoisotopic (exact) mass is 319 g/mol. The second-order valence-corrected chi connectivity index (χ2v) is 8.68. The maximum absolute atomic E-state index is 12.5. The molecule has 1 unspecified atom stereocenters. The number of carbonyl (C=O) groups excluding carboxylic acids is 1. The van der Waals surface area contributed by atoms with E-state index in [-0.39, 0.29) is 11.9 Å². The second-order valence-electron chi connectivity index (χ2n) is 6.72. The standard InChI is InChI=1S/C14H25NO5S/c1-14(2,3)20-13(16)12-7-4-8-15(12)21(17,18)10-11-6-5-9-19-11/h11-12H,4-10H2,1-3H3/t11?,12-/m0/s1. The number of hydrogen-bond acceptors (Lipinski definition) is 5. The van der Waals surface area contributed by atoms with E-state index in [2.05, 4.69) is 0 Å². The lowest BCUT2D eigenvalue weighted by Gasteiger charge is -2.27. The summed E-state index contributed by atoms with van der Waals surface area (Å²) in [6.45, 7) is 6.36. The van der Waals surface area contributed by atoms with Crippen molar-refractivity contribution in [3.8, 4) is 0 Å². The van der Waals surface area contributed by atoms with Crippen LogP contribution in [0, 0.1) is 0 Å². The molecule has 2 rings (SSSR count). The fourth-order valence-corrected chi connectivity index (χ4v) is 4.70. The topological polar surface area (TPSA) is 72.9 Å². The van der Waals surface area contributed by atoms with E-state index >= 15 is 0 Å². The van der Waals surface area contributed by atoms with E-state index in [9.17, 15) is 13.2 Å². The van der Waals surface area contributed by atoms with Crippen LogP contribution in [0.3, 0.4) is 0 Å². The lowest BCUT2D eigenvalue weighted by Crippen LogP contribution is -2.45. The third-order valence-electron chi connectivity index (χ3n) is 3.66. The minimum absolute atomic E-state index is 0.0354. The quantitative estimate of drug-likeness (QED) is 0.730. The van der Waals surface area contributed by atoms with Gasteiger partial charge < -0.3 is 9.47 Å². The molecule has 0 aliphatic carbocycles. The maximum Gasteiger partial charge on any atom is 0.324 e. The molecular weight excluding hydrogens is 294 g/mol. The van der Waals surface area contributed by atoms with Crippen LogP contribution in [0.15, 0.2) is 0 Å². The normalized spacial score (nSPS) is 28.0.